The van der Waals surface area contributed by atoms with Gasteiger partial charge in [0, 0.05) is 12.7 Å². The number of ether oxygens (including phenoxy) is 2. The Hall–Kier alpha value is -1.29. The van der Waals surface area contributed by atoms with Crippen molar-refractivity contribution in [2.24, 2.45) is 0 Å². The summed E-state index contributed by atoms with van der Waals surface area (Å²) < 4.78 is 11.1. The van der Waals surface area contributed by atoms with Crippen LogP contribution >= 0.6 is 0 Å². The fraction of sp³-hybridized carbons (Fsp3) is 0.545. The maximum atomic E-state index is 5.55. The van der Waals surface area contributed by atoms with E-state index in [0.29, 0.717) is 18.2 Å². The Morgan fingerprint density at radius 1 is 1.47 bits per heavy atom. The molecule has 2 rings (SSSR count). The van der Waals surface area contributed by atoms with Gasteiger partial charge in [0.25, 0.3) is 0 Å². The Balaban J connectivity index is 1.79. The molecule has 0 aliphatic carbocycles. The number of hydrogen-bond acceptors (Lipinski definition) is 4. The molecular formula is C11H16N2O2. The zero-order valence-electron chi connectivity index (χ0n) is 8.69. The lowest BCUT2D eigenvalue weighted by Gasteiger charge is -2.22. The van der Waals surface area contributed by atoms with E-state index in [1.165, 1.54) is 6.42 Å². The van der Waals surface area contributed by atoms with Crippen LogP contribution in [0.2, 0.25) is 0 Å². The minimum absolute atomic E-state index is 0.220. The minimum Gasteiger partial charge on any atom is -0.475 e. The summed E-state index contributed by atoms with van der Waals surface area (Å²) in [5, 5.41) is 0. The van der Waals surface area contributed by atoms with Crippen molar-refractivity contribution in [2.75, 3.05) is 18.9 Å². The van der Waals surface area contributed by atoms with Crippen LogP contribution in [0.1, 0.15) is 19.3 Å². The van der Waals surface area contributed by atoms with Crippen LogP contribution in [0.25, 0.3) is 0 Å². The smallest absolute Gasteiger partial charge is 0.213 e. The van der Waals surface area contributed by atoms with Gasteiger partial charge in [0.2, 0.25) is 5.88 Å². The lowest BCUT2D eigenvalue weighted by Crippen LogP contribution is -2.25. The molecule has 1 aliphatic heterocycles. The summed E-state index contributed by atoms with van der Waals surface area (Å²) in [5.74, 6) is 0.610. The topological polar surface area (TPSA) is 57.4 Å². The summed E-state index contributed by atoms with van der Waals surface area (Å²) in [6.07, 6.45) is 5.28. The number of rotatable bonds is 3. The SMILES string of the molecule is Nc1ccc(OC[C@H]2CCCCO2)nc1. The van der Waals surface area contributed by atoms with Crippen molar-refractivity contribution in [3.05, 3.63) is 18.3 Å². The Bertz CT molecular complexity index is 294. The molecule has 2 N–H and O–H groups in total. The Labute approximate surface area is 89.4 Å². The first-order chi connectivity index (χ1) is 7.34. The zero-order chi connectivity index (χ0) is 10.5. The van der Waals surface area contributed by atoms with Crippen molar-refractivity contribution in [3.63, 3.8) is 0 Å². The quantitative estimate of drug-likeness (QED) is 0.819. The number of aromatic nitrogens is 1. The van der Waals surface area contributed by atoms with Gasteiger partial charge in [0.15, 0.2) is 0 Å². The summed E-state index contributed by atoms with van der Waals surface area (Å²) in [6, 6.07) is 3.56. The van der Waals surface area contributed by atoms with Gasteiger partial charge < -0.3 is 15.2 Å². The van der Waals surface area contributed by atoms with Crippen LogP contribution in [0.4, 0.5) is 5.69 Å². The highest BCUT2D eigenvalue weighted by Crippen LogP contribution is 2.14. The predicted molar refractivity (Wildman–Crippen MR) is 57.7 cm³/mol. The summed E-state index contributed by atoms with van der Waals surface area (Å²) in [7, 11) is 0. The molecule has 0 saturated carbocycles. The first-order valence-corrected chi connectivity index (χ1v) is 5.30. The number of nitrogen functional groups attached to an aromatic ring is 1. The molecule has 0 unspecified atom stereocenters. The number of pyridine rings is 1. The van der Waals surface area contributed by atoms with E-state index in [1.54, 1.807) is 18.3 Å². The van der Waals surface area contributed by atoms with Gasteiger partial charge in [-0.25, -0.2) is 4.98 Å². The van der Waals surface area contributed by atoms with Crippen LogP contribution in [-0.4, -0.2) is 24.3 Å². The lowest BCUT2D eigenvalue weighted by molar-refractivity contribution is -0.0119. The summed E-state index contributed by atoms with van der Waals surface area (Å²) in [6.45, 7) is 1.43. The van der Waals surface area contributed by atoms with E-state index >= 15 is 0 Å². The Kier molecular flexibility index (Phi) is 3.40. The second-order valence-electron chi connectivity index (χ2n) is 3.73. The summed E-state index contributed by atoms with van der Waals surface area (Å²) in [5.41, 5.74) is 6.17. The minimum atomic E-state index is 0.220. The molecule has 1 saturated heterocycles. The molecule has 4 heteroatoms. The third-order valence-corrected chi connectivity index (χ3v) is 2.45. The van der Waals surface area contributed by atoms with Crippen molar-refractivity contribution >= 4 is 5.69 Å². The number of hydrogen-bond donors (Lipinski definition) is 1. The van der Waals surface area contributed by atoms with E-state index in [-0.39, 0.29) is 6.10 Å². The van der Waals surface area contributed by atoms with Crippen molar-refractivity contribution < 1.29 is 9.47 Å². The van der Waals surface area contributed by atoms with E-state index in [9.17, 15) is 0 Å². The molecule has 0 spiro atoms. The van der Waals surface area contributed by atoms with Crippen LogP contribution in [-0.2, 0) is 4.74 Å². The third-order valence-electron chi connectivity index (χ3n) is 2.45. The van der Waals surface area contributed by atoms with Gasteiger partial charge in [0.1, 0.15) is 6.61 Å². The number of anilines is 1. The van der Waals surface area contributed by atoms with Gasteiger partial charge in [-0.05, 0) is 25.3 Å². The molecule has 4 nitrogen and oxygen atoms in total. The zero-order valence-corrected chi connectivity index (χ0v) is 8.69. The molecule has 2 heterocycles. The molecule has 0 aromatic carbocycles. The maximum Gasteiger partial charge on any atom is 0.213 e. The van der Waals surface area contributed by atoms with Crippen molar-refractivity contribution in [1.82, 2.24) is 4.98 Å². The van der Waals surface area contributed by atoms with Crippen molar-refractivity contribution in [2.45, 2.75) is 25.4 Å². The van der Waals surface area contributed by atoms with Gasteiger partial charge >= 0.3 is 0 Å². The first-order valence-electron chi connectivity index (χ1n) is 5.30. The molecular weight excluding hydrogens is 192 g/mol. The molecule has 0 amide bonds. The highest BCUT2D eigenvalue weighted by molar-refractivity contribution is 5.35. The molecule has 0 radical (unpaired) electrons. The van der Waals surface area contributed by atoms with Crippen molar-refractivity contribution in [3.8, 4) is 5.88 Å². The number of nitrogens with two attached hydrogens (primary N) is 1. The molecule has 1 aromatic heterocycles. The largest absolute Gasteiger partial charge is 0.475 e. The monoisotopic (exact) mass is 208 g/mol. The van der Waals surface area contributed by atoms with Crippen LogP contribution in [0.5, 0.6) is 5.88 Å². The van der Waals surface area contributed by atoms with Crippen LogP contribution in [0.3, 0.4) is 0 Å². The molecule has 1 aromatic rings. The molecule has 1 aliphatic rings. The highest BCUT2D eigenvalue weighted by Gasteiger charge is 2.14. The highest BCUT2D eigenvalue weighted by atomic mass is 16.5. The first kappa shape index (κ1) is 10.2. The van der Waals surface area contributed by atoms with Gasteiger partial charge in [-0.15, -0.1) is 0 Å². The van der Waals surface area contributed by atoms with Crippen LogP contribution in [0, 0.1) is 0 Å². The Morgan fingerprint density at radius 2 is 2.40 bits per heavy atom. The lowest BCUT2D eigenvalue weighted by atomic mass is 10.1. The van der Waals surface area contributed by atoms with Crippen LogP contribution < -0.4 is 10.5 Å². The summed E-state index contributed by atoms with van der Waals surface area (Å²) >= 11 is 0. The fourth-order valence-corrected chi connectivity index (χ4v) is 1.59. The van der Waals surface area contributed by atoms with Crippen molar-refractivity contribution in [1.29, 1.82) is 0 Å². The van der Waals surface area contributed by atoms with E-state index < -0.39 is 0 Å². The van der Waals surface area contributed by atoms with Gasteiger partial charge in [-0.2, -0.15) is 0 Å². The normalized spacial score (nSPS) is 21.2. The van der Waals surface area contributed by atoms with Crippen LogP contribution in [0.15, 0.2) is 18.3 Å². The Morgan fingerprint density at radius 3 is 3.07 bits per heavy atom. The second-order valence-corrected chi connectivity index (χ2v) is 3.73. The molecule has 82 valence electrons. The molecule has 1 fully saturated rings. The standard InChI is InChI=1S/C11H16N2O2/c12-9-4-5-11(13-7-9)15-8-10-3-1-2-6-14-10/h4-5,7,10H,1-3,6,8,12H2/t10-/m1/s1. The van der Waals surface area contributed by atoms with E-state index in [2.05, 4.69) is 4.98 Å². The fourth-order valence-electron chi connectivity index (χ4n) is 1.59. The van der Waals surface area contributed by atoms with Gasteiger partial charge in [-0.3, -0.25) is 0 Å². The second kappa shape index (κ2) is 4.98. The third kappa shape index (κ3) is 3.09. The summed E-state index contributed by atoms with van der Waals surface area (Å²) in [4.78, 5) is 4.06. The molecule has 15 heavy (non-hydrogen) atoms. The molecule has 0 bridgehead atoms. The predicted octanol–water partition coefficient (Wildman–Crippen LogP) is 1.61. The maximum absolute atomic E-state index is 5.55. The number of nitrogens with zero attached hydrogens (tertiary/aromatic N) is 1. The van der Waals surface area contributed by atoms with E-state index in [4.69, 9.17) is 15.2 Å². The average Bonchev–Trinajstić information content (AvgIpc) is 2.30. The van der Waals surface area contributed by atoms with Gasteiger partial charge in [0.05, 0.1) is 18.0 Å². The van der Waals surface area contributed by atoms with Gasteiger partial charge in [-0.1, -0.05) is 0 Å². The van der Waals surface area contributed by atoms with E-state index in [0.717, 1.165) is 19.4 Å². The average molecular weight is 208 g/mol. The van der Waals surface area contributed by atoms with E-state index in [1.807, 2.05) is 0 Å². The molecule has 1 atom stereocenters.